The van der Waals surface area contributed by atoms with Crippen LogP contribution in [-0.2, 0) is 6.42 Å². The van der Waals surface area contributed by atoms with Gasteiger partial charge in [0.1, 0.15) is 8.07 Å². The first-order chi connectivity index (χ1) is 12.5. The van der Waals surface area contributed by atoms with Gasteiger partial charge in [0.25, 0.3) is 0 Å². The average molecular weight is 377 g/mol. The molecule has 0 bridgehead atoms. The van der Waals surface area contributed by atoms with Crippen LogP contribution in [0.4, 0.5) is 0 Å². The van der Waals surface area contributed by atoms with E-state index in [0.717, 1.165) is 6.42 Å². The van der Waals surface area contributed by atoms with Gasteiger partial charge in [-0.25, -0.2) is 0 Å². The highest BCUT2D eigenvalue weighted by molar-refractivity contribution is 6.87. The molecule has 150 valence electrons. The number of hydrogen-bond acceptors (Lipinski definition) is 1. The van der Waals surface area contributed by atoms with Crippen molar-refractivity contribution in [2.75, 3.05) is 0 Å². The van der Waals surface area contributed by atoms with Crippen LogP contribution >= 0.6 is 0 Å². The topological polar surface area (TPSA) is 13.1 Å². The summed E-state index contributed by atoms with van der Waals surface area (Å²) < 4.78 is 5.81. The zero-order valence-corrected chi connectivity index (χ0v) is 19.3. The molecule has 0 aromatic carbocycles. The van der Waals surface area contributed by atoms with Gasteiger partial charge in [-0.2, -0.15) is 0 Å². The van der Waals surface area contributed by atoms with E-state index in [1.54, 1.807) is 5.57 Å². The van der Waals surface area contributed by atoms with Crippen LogP contribution in [-0.4, -0.2) is 8.07 Å². The molecule has 0 aliphatic rings. The summed E-state index contributed by atoms with van der Waals surface area (Å²) in [5, 5.41) is 1.25. The van der Waals surface area contributed by atoms with E-state index in [0.29, 0.717) is 0 Å². The van der Waals surface area contributed by atoms with Crippen molar-refractivity contribution in [1.29, 1.82) is 0 Å². The number of rotatable bonds is 15. The average Bonchev–Trinajstić information content (AvgIpc) is 3.06. The van der Waals surface area contributed by atoms with E-state index in [1.165, 1.54) is 88.0 Å². The largest absolute Gasteiger partial charge is 0.474 e. The summed E-state index contributed by atoms with van der Waals surface area (Å²) in [5.74, 6) is 0. The second-order valence-corrected chi connectivity index (χ2v) is 13.9. The molecule has 0 saturated heterocycles. The summed E-state index contributed by atoms with van der Waals surface area (Å²) in [6.45, 7) is 11.6. The Kier molecular flexibility index (Phi) is 12.0. The molecule has 1 aromatic rings. The molecule has 0 radical (unpaired) electrons. The van der Waals surface area contributed by atoms with Crippen molar-refractivity contribution in [1.82, 2.24) is 0 Å². The third-order valence-corrected chi connectivity index (χ3v) is 6.94. The van der Waals surface area contributed by atoms with Gasteiger partial charge in [0.05, 0.1) is 11.6 Å². The number of unbranched alkanes of at least 4 members (excludes halogenated alkanes) is 7. The fourth-order valence-corrected chi connectivity index (χ4v) is 4.55. The molecular weight excluding hydrogens is 332 g/mol. The molecule has 0 unspecified atom stereocenters. The molecule has 1 heterocycles. The van der Waals surface area contributed by atoms with Gasteiger partial charge in [-0.15, -0.1) is 0 Å². The van der Waals surface area contributed by atoms with Crippen LogP contribution in [0.15, 0.2) is 28.4 Å². The number of furan rings is 1. The highest BCUT2D eigenvalue weighted by atomic mass is 28.3. The van der Waals surface area contributed by atoms with Gasteiger partial charge < -0.3 is 4.42 Å². The van der Waals surface area contributed by atoms with E-state index in [9.17, 15) is 0 Å². The van der Waals surface area contributed by atoms with E-state index in [4.69, 9.17) is 4.42 Å². The molecule has 0 amide bonds. The Hall–Kier alpha value is -0.763. The molecule has 0 atom stereocenters. The van der Waals surface area contributed by atoms with Crippen molar-refractivity contribution >= 4 is 13.5 Å². The van der Waals surface area contributed by atoms with Gasteiger partial charge in [0.2, 0.25) is 0 Å². The van der Waals surface area contributed by atoms with E-state index in [2.05, 4.69) is 45.6 Å². The molecule has 0 fully saturated rings. The zero-order chi connectivity index (χ0) is 19.3. The smallest absolute Gasteiger partial charge is 0.123 e. The van der Waals surface area contributed by atoms with Gasteiger partial charge in [-0.05, 0) is 50.2 Å². The lowest BCUT2D eigenvalue weighted by molar-refractivity contribution is 0.571. The predicted octanol–water partition coefficient (Wildman–Crippen LogP) is 8.01. The van der Waals surface area contributed by atoms with Crippen LogP contribution in [0.2, 0.25) is 19.6 Å². The quantitative estimate of drug-likeness (QED) is 0.171. The monoisotopic (exact) mass is 376 g/mol. The van der Waals surface area contributed by atoms with Crippen molar-refractivity contribution in [2.45, 2.75) is 117 Å². The van der Waals surface area contributed by atoms with Gasteiger partial charge >= 0.3 is 0 Å². The predicted molar refractivity (Wildman–Crippen MR) is 120 cm³/mol. The summed E-state index contributed by atoms with van der Waals surface area (Å²) in [5.41, 5.74) is 3.08. The summed E-state index contributed by atoms with van der Waals surface area (Å²) in [6, 6.07) is 2.31. The Morgan fingerprint density at radius 3 is 2.08 bits per heavy atom. The van der Waals surface area contributed by atoms with Crippen molar-refractivity contribution in [3.05, 3.63) is 29.5 Å². The van der Waals surface area contributed by atoms with E-state index >= 15 is 0 Å². The Bertz CT molecular complexity index is 493. The first kappa shape index (κ1) is 23.3. The maximum absolute atomic E-state index is 5.81. The van der Waals surface area contributed by atoms with Crippen molar-refractivity contribution in [2.24, 2.45) is 0 Å². The normalized spacial score (nSPS) is 12.7. The Labute approximate surface area is 164 Å². The number of hydrogen-bond donors (Lipinski definition) is 0. The molecule has 0 N–H and O–H groups in total. The van der Waals surface area contributed by atoms with Crippen LogP contribution in [0.5, 0.6) is 0 Å². The van der Waals surface area contributed by atoms with E-state index < -0.39 is 8.07 Å². The minimum atomic E-state index is -1.30. The molecule has 1 nitrogen and oxygen atoms in total. The minimum absolute atomic E-state index is 1.16. The summed E-state index contributed by atoms with van der Waals surface area (Å²) in [6.07, 6.45) is 21.9. The van der Waals surface area contributed by atoms with Crippen LogP contribution in [0.1, 0.15) is 96.5 Å². The lowest BCUT2D eigenvalue weighted by Crippen LogP contribution is -2.36. The van der Waals surface area contributed by atoms with Gasteiger partial charge in [0, 0.05) is 0 Å². The highest BCUT2D eigenvalue weighted by Crippen LogP contribution is 2.19. The van der Waals surface area contributed by atoms with Gasteiger partial charge in [-0.1, -0.05) is 90.1 Å². The number of aryl methyl sites for hydroxylation is 1. The fraction of sp³-hybridized carbons (Fsp3) is 0.750. The third-order valence-electron chi connectivity index (χ3n) is 5.20. The molecular formula is C24H44OSi. The first-order valence-electron chi connectivity index (χ1n) is 11.2. The summed E-state index contributed by atoms with van der Waals surface area (Å²) in [4.78, 5) is 0. The molecule has 0 saturated carbocycles. The van der Waals surface area contributed by atoms with Crippen LogP contribution in [0.3, 0.4) is 0 Å². The minimum Gasteiger partial charge on any atom is -0.474 e. The summed E-state index contributed by atoms with van der Waals surface area (Å²) in [7, 11) is -1.30. The van der Waals surface area contributed by atoms with Gasteiger partial charge in [-0.3, -0.25) is 0 Å². The van der Waals surface area contributed by atoms with E-state index in [-0.39, 0.29) is 0 Å². The second-order valence-electron chi connectivity index (χ2n) is 8.92. The van der Waals surface area contributed by atoms with Crippen LogP contribution < -0.4 is 5.38 Å². The molecule has 0 aliphatic carbocycles. The molecule has 0 spiro atoms. The molecule has 2 heteroatoms. The van der Waals surface area contributed by atoms with Crippen molar-refractivity contribution in [3.63, 3.8) is 0 Å². The Morgan fingerprint density at radius 2 is 1.50 bits per heavy atom. The standard InChI is InChI=1S/C24H44OSi/c1-6-8-9-10-11-12-13-14-17-22(16-7-2)18-15-19-23-20-24(25-21-23)26(3,4)5/h16,20-21H,6-15,17-19H2,1-5H3. The third kappa shape index (κ3) is 10.4. The lowest BCUT2D eigenvalue weighted by atomic mass is 9.99. The summed E-state index contributed by atoms with van der Waals surface area (Å²) >= 11 is 0. The SMILES string of the molecule is CCC=C(CCCCCCCCCC)CCCc1coc([Si](C)(C)C)c1. The van der Waals surface area contributed by atoms with E-state index in [1.807, 2.05) is 6.26 Å². The highest BCUT2D eigenvalue weighted by Gasteiger charge is 2.20. The molecule has 1 rings (SSSR count). The molecule has 0 aliphatic heterocycles. The zero-order valence-electron chi connectivity index (χ0n) is 18.3. The first-order valence-corrected chi connectivity index (χ1v) is 14.7. The molecule has 1 aromatic heterocycles. The fourth-order valence-electron chi connectivity index (χ4n) is 3.52. The molecule has 26 heavy (non-hydrogen) atoms. The van der Waals surface area contributed by atoms with Gasteiger partial charge in [0.15, 0.2) is 0 Å². The number of allylic oxidation sites excluding steroid dienone is 2. The van der Waals surface area contributed by atoms with Crippen molar-refractivity contribution in [3.8, 4) is 0 Å². The maximum atomic E-state index is 5.81. The second kappa shape index (κ2) is 13.4. The van der Waals surface area contributed by atoms with Crippen LogP contribution in [0.25, 0.3) is 0 Å². The lowest BCUT2D eigenvalue weighted by Gasteiger charge is -2.10. The van der Waals surface area contributed by atoms with Crippen LogP contribution in [0, 0.1) is 0 Å². The Morgan fingerprint density at radius 1 is 0.885 bits per heavy atom. The van der Waals surface area contributed by atoms with Crippen molar-refractivity contribution < 1.29 is 4.42 Å². The Balaban J connectivity index is 2.21. The maximum Gasteiger partial charge on any atom is 0.123 e.